The molecular formula is C24H24FN7O4. The molecule has 0 aliphatic heterocycles. The minimum absolute atomic E-state index is 0.0741. The van der Waals surface area contributed by atoms with Gasteiger partial charge in [-0.3, -0.25) is 10.0 Å². The van der Waals surface area contributed by atoms with Gasteiger partial charge in [0.15, 0.2) is 5.82 Å². The molecule has 0 bridgehead atoms. The Morgan fingerprint density at radius 3 is 2.56 bits per heavy atom. The number of hydrogen-bond donors (Lipinski definition) is 2. The quantitative estimate of drug-likeness (QED) is 0.203. The van der Waals surface area contributed by atoms with Gasteiger partial charge in [0, 0.05) is 48.8 Å². The Bertz CT molecular complexity index is 1390. The molecule has 3 aromatic heterocycles. The number of rotatable bonds is 9. The highest BCUT2D eigenvalue weighted by Gasteiger charge is 2.14. The maximum atomic E-state index is 14.3. The molecule has 0 atom stereocenters. The summed E-state index contributed by atoms with van der Waals surface area (Å²) in [5.74, 6) is -0.347. The summed E-state index contributed by atoms with van der Waals surface area (Å²) in [7, 11) is 3.18. The summed E-state index contributed by atoms with van der Waals surface area (Å²) >= 11 is 0. The minimum Gasteiger partial charge on any atom is -0.491 e. The molecular weight excluding hydrogens is 469 g/mol. The molecule has 11 nitrogen and oxygen atoms in total. The fourth-order valence-electron chi connectivity index (χ4n) is 3.55. The fraction of sp³-hybridized carbons (Fsp3) is 0.250. The summed E-state index contributed by atoms with van der Waals surface area (Å²) in [6.45, 7) is 2.81. The van der Waals surface area contributed by atoms with E-state index in [-0.39, 0.29) is 11.4 Å². The summed E-state index contributed by atoms with van der Waals surface area (Å²) in [5, 5.41) is 9.48. The van der Waals surface area contributed by atoms with Crippen LogP contribution >= 0.6 is 0 Å². The van der Waals surface area contributed by atoms with Gasteiger partial charge < -0.3 is 14.4 Å². The fourth-order valence-corrected chi connectivity index (χ4v) is 3.55. The molecule has 2 N–H and O–H groups in total. The van der Waals surface area contributed by atoms with Crippen molar-refractivity contribution in [3.8, 4) is 22.8 Å². The third-order valence-corrected chi connectivity index (χ3v) is 5.48. The van der Waals surface area contributed by atoms with Gasteiger partial charge in [0.1, 0.15) is 17.6 Å². The average Bonchev–Trinajstić information content (AvgIpc) is 2.90. The number of aryl methyl sites for hydroxylation is 1. The number of halogens is 1. The van der Waals surface area contributed by atoms with Crippen molar-refractivity contribution in [3.63, 3.8) is 0 Å². The Kier molecular flexibility index (Phi) is 7.44. The SMILES string of the molecule is COc1ncc(-c2cc(OCCCN(C)c3ncc(C(=O)NO)cn3)c3ncnc(C)c3c2)cc1F. The summed E-state index contributed by atoms with van der Waals surface area (Å²) in [6.07, 6.45) is 6.31. The highest BCUT2D eigenvalue weighted by molar-refractivity contribution is 5.92. The number of benzene rings is 1. The molecule has 12 heteroatoms. The number of nitrogens with zero attached hydrogens (tertiary/aromatic N) is 6. The van der Waals surface area contributed by atoms with Crippen molar-refractivity contribution in [2.45, 2.75) is 13.3 Å². The first-order valence-electron chi connectivity index (χ1n) is 11.0. The molecule has 3 heterocycles. The Balaban J connectivity index is 1.49. The second-order valence-corrected chi connectivity index (χ2v) is 7.88. The number of pyridine rings is 1. The summed E-state index contributed by atoms with van der Waals surface area (Å²) < 4.78 is 25.3. The smallest absolute Gasteiger partial charge is 0.277 e. The maximum Gasteiger partial charge on any atom is 0.277 e. The van der Waals surface area contributed by atoms with Gasteiger partial charge in [-0.25, -0.2) is 34.8 Å². The second kappa shape index (κ2) is 10.9. The number of carbonyl (C=O) groups excluding carboxylic acids is 1. The zero-order valence-electron chi connectivity index (χ0n) is 19.9. The molecule has 4 rings (SSSR count). The molecule has 36 heavy (non-hydrogen) atoms. The number of fused-ring (bicyclic) bond motifs is 1. The first-order chi connectivity index (χ1) is 17.4. The predicted octanol–water partition coefficient (Wildman–Crippen LogP) is 2.96. The highest BCUT2D eigenvalue weighted by atomic mass is 19.1. The maximum absolute atomic E-state index is 14.3. The standard InChI is InChI=1S/C24H24FN7O4/c1-14-18-7-15(16-8-19(25)23(35-3)26-10-16)9-20(21(18)30-13-29-14)36-6-4-5-32(2)24-27-11-17(12-28-24)22(33)31-34/h7-13,34H,4-6H2,1-3H3,(H,31,33). The number of amides is 1. The van der Waals surface area contributed by atoms with E-state index in [0.29, 0.717) is 47.9 Å². The van der Waals surface area contributed by atoms with Gasteiger partial charge >= 0.3 is 0 Å². The normalized spacial score (nSPS) is 10.8. The van der Waals surface area contributed by atoms with Crippen molar-refractivity contribution in [2.75, 3.05) is 32.2 Å². The lowest BCUT2D eigenvalue weighted by molar-refractivity contribution is 0.0705. The van der Waals surface area contributed by atoms with Crippen LogP contribution in [0.25, 0.3) is 22.0 Å². The second-order valence-electron chi connectivity index (χ2n) is 7.88. The van der Waals surface area contributed by atoms with Crippen molar-refractivity contribution in [1.82, 2.24) is 30.4 Å². The molecule has 1 amide bonds. The molecule has 0 saturated heterocycles. The number of nitrogens with one attached hydrogen (secondary N) is 1. The highest BCUT2D eigenvalue weighted by Crippen LogP contribution is 2.33. The number of carbonyl (C=O) groups is 1. The Labute approximate surface area is 205 Å². The van der Waals surface area contributed by atoms with E-state index in [9.17, 15) is 9.18 Å². The van der Waals surface area contributed by atoms with Crippen LogP contribution in [0.3, 0.4) is 0 Å². The molecule has 0 aliphatic carbocycles. The molecule has 0 saturated carbocycles. The van der Waals surface area contributed by atoms with E-state index in [1.807, 2.05) is 24.9 Å². The van der Waals surface area contributed by atoms with E-state index in [2.05, 4.69) is 24.9 Å². The minimum atomic E-state index is -0.681. The number of anilines is 1. The third-order valence-electron chi connectivity index (χ3n) is 5.48. The average molecular weight is 493 g/mol. The largest absolute Gasteiger partial charge is 0.491 e. The third kappa shape index (κ3) is 5.28. The van der Waals surface area contributed by atoms with Crippen molar-refractivity contribution < 1.29 is 23.9 Å². The number of methoxy groups -OCH3 is 1. The van der Waals surface area contributed by atoms with E-state index < -0.39 is 11.7 Å². The first-order valence-corrected chi connectivity index (χ1v) is 11.0. The molecule has 186 valence electrons. The molecule has 4 aromatic rings. The van der Waals surface area contributed by atoms with E-state index in [1.165, 1.54) is 43.6 Å². The van der Waals surface area contributed by atoms with Gasteiger partial charge in [-0.2, -0.15) is 0 Å². The summed E-state index contributed by atoms with van der Waals surface area (Å²) in [4.78, 5) is 34.2. The van der Waals surface area contributed by atoms with Gasteiger partial charge in [0.05, 0.1) is 19.3 Å². The van der Waals surface area contributed by atoms with Crippen LogP contribution in [-0.2, 0) is 0 Å². The molecule has 0 radical (unpaired) electrons. The van der Waals surface area contributed by atoms with Crippen LogP contribution in [0.1, 0.15) is 22.5 Å². The predicted molar refractivity (Wildman–Crippen MR) is 129 cm³/mol. The van der Waals surface area contributed by atoms with E-state index in [1.54, 1.807) is 6.07 Å². The molecule has 0 spiro atoms. The Morgan fingerprint density at radius 1 is 1.08 bits per heavy atom. The van der Waals surface area contributed by atoms with Crippen LogP contribution < -0.4 is 19.9 Å². The van der Waals surface area contributed by atoms with E-state index in [4.69, 9.17) is 14.7 Å². The topological polar surface area (TPSA) is 135 Å². The van der Waals surface area contributed by atoms with Gasteiger partial charge in [-0.1, -0.05) is 0 Å². The van der Waals surface area contributed by atoms with Gasteiger partial charge in [0.25, 0.3) is 5.91 Å². The summed E-state index contributed by atoms with van der Waals surface area (Å²) in [6, 6.07) is 5.04. The monoisotopic (exact) mass is 493 g/mol. The molecule has 0 fully saturated rings. The van der Waals surface area contributed by atoms with Crippen LogP contribution in [-0.4, -0.2) is 63.3 Å². The number of ether oxygens (including phenoxy) is 2. The van der Waals surface area contributed by atoms with Crippen molar-refractivity contribution in [1.29, 1.82) is 0 Å². The van der Waals surface area contributed by atoms with E-state index >= 15 is 0 Å². The number of aromatic nitrogens is 5. The van der Waals surface area contributed by atoms with Crippen LogP contribution in [0.5, 0.6) is 11.6 Å². The Morgan fingerprint density at radius 2 is 1.86 bits per heavy atom. The number of hydroxylamine groups is 1. The lowest BCUT2D eigenvalue weighted by Crippen LogP contribution is -2.24. The zero-order chi connectivity index (χ0) is 25.7. The molecule has 0 unspecified atom stereocenters. The van der Waals surface area contributed by atoms with Crippen LogP contribution in [0, 0.1) is 12.7 Å². The van der Waals surface area contributed by atoms with Crippen LogP contribution in [0.4, 0.5) is 10.3 Å². The van der Waals surface area contributed by atoms with Gasteiger partial charge in [-0.15, -0.1) is 0 Å². The lowest BCUT2D eigenvalue weighted by atomic mass is 10.0. The zero-order valence-corrected chi connectivity index (χ0v) is 19.9. The van der Waals surface area contributed by atoms with Gasteiger partial charge in [-0.05, 0) is 37.1 Å². The molecule has 1 aromatic carbocycles. The van der Waals surface area contributed by atoms with Crippen molar-refractivity contribution in [3.05, 3.63) is 60.2 Å². The van der Waals surface area contributed by atoms with Gasteiger partial charge in [0.2, 0.25) is 11.8 Å². The number of hydrogen-bond acceptors (Lipinski definition) is 10. The van der Waals surface area contributed by atoms with Crippen molar-refractivity contribution in [2.24, 2.45) is 0 Å². The Hall–Kier alpha value is -4.45. The van der Waals surface area contributed by atoms with Crippen LogP contribution in [0.2, 0.25) is 0 Å². The lowest BCUT2D eigenvalue weighted by Gasteiger charge is -2.17. The first kappa shape index (κ1) is 24.7. The van der Waals surface area contributed by atoms with E-state index in [0.717, 1.165) is 11.1 Å². The van der Waals surface area contributed by atoms with Crippen molar-refractivity contribution >= 4 is 22.8 Å². The van der Waals surface area contributed by atoms with Crippen LogP contribution in [0.15, 0.2) is 43.1 Å². The molecule has 0 aliphatic rings. The summed E-state index contributed by atoms with van der Waals surface area (Å²) in [5.41, 5.74) is 4.39.